The van der Waals surface area contributed by atoms with Crippen LogP contribution in [0.25, 0.3) is 0 Å². The molecule has 0 aliphatic heterocycles. The van der Waals surface area contributed by atoms with Gasteiger partial charge in [0.2, 0.25) is 0 Å². The highest BCUT2D eigenvalue weighted by atomic mass is 35.5. The van der Waals surface area contributed by atoms with Gasteiger partial charge in [0.25, 0.3) is 5.91 Å². The lowest BCUT2D eigenvalue weighted by Gasteiger charge is -2.07. The van der Waals surface area contributed by atoms with Gasteiger partial charge in [0.1, 0.15) is 6.61 Å². The van der Waals surface area contributed by atoms with Crippen LogP contribution in [0.2, 0.25) is 10.0 Å². The van der Waals surface area contributed by atoms with E-state index in [0.29, 0.717) is 21.6 Å². The normalized spacial score (nSPS) is 11.8. The van der Waals surface area contributed by atoms with E-state index in [1.54, 1.807) is 18.2 Å². The van der Waals surface area contributed by atoms with E-state index in [1.165, 1.54) is 13.0 Å². The molecule has 0 spiro atoms. The van der Waals surface area contributed by atoms with Crippen molar-refractivity contribution in [1.29, 1.82) is 0 Å². The molecule has 0 radical (unpaired) electrons. The smallest absolute Gasteiger partial charge is 0.308 e. The molecule has 1 aromatic carbocycles. The van der Waals surface area contributed by atoms with Crippen LogP contribution in [0.1, 0.15) is 23.2 Å². The van der Waals surface area contributed by atoms with Crippen molar-refractivity contribution >= 4 is 35.1 Å². The van der Waals surface area contributed by atoms with Gasteiger partial charge in [0.05, 0.1) is 16.0 Å². The van der Waals surface area contributed by atoms with Crippen LogP contribution in [0, 0.1) is 5.92 Å². The van der Waals surface area contributed by atoms with Crippen molar-refractivity contribution in [3.63, 3.8) is 0 Å². The first kappa shape index (κ1) is 18.1. The summed E-state index contributed by atoms with van der Waals surface area (Å²) in [6.45, 7) is 1.45. The van der Waals surface area contributed by atoms with E-state index in [0.717, 1.165) is 0 Å². The quantitative estimate of drug-likeness (QED) is 0.774. The van der Waals surface area contributed by atoms with Crippen LogP contribution in [0.3, 0.4) is 0 Å². The third kappa shape index (κ3) is 4.62. The lowest BCUT2D eigenvalue weighted by Crippen LogP contribution is -2.31. The summed E-state index contributed by atoms with van der Waals surface area (Å²) in [5.41, 5.74) is 0.0245. The molecular weight excluding hydrogens is 359 g/mol. The molecule has 1 amide bonds. The molecule has 0 saturated carbocycles. The van der Waals surface area contributed by atoms with Crippen LogP contribution in [-0.2, 0) is 11.4 Å². The van der Waals surface area contributed by atoms with Crippen LogP contribution in [0.4, 0.5) is 0 Å². The van der Waals surface area contributed by atoms with Gasteiger partial charge in [-0.3, -0.25) is 9.59 Å². The molecule has 2 N–H and O–H groups in total. The molecule has 0 aliphatic rings. The second-order valence-corrected chi connectivity index (χ2v) is 5.78. The molecule has 2 aromatic rings. The predicted octanol–water partition coefficient (Wildman–Crippen LogP) is 3.01. The highest BCUT2D eigenvalue weighted by Crippen LogP contribution is 2.32. The largest absolute Gasteiger partial charge is 0.482 e. The number of hydrogen-bond acceptors (Lipinski definition) is 5. The Morgan fingerprint density at radius 3 is 2.67 bits per heavy atom. The maximum atomic E-state index is 11.9. The topological polar surface area (TPSA) is 102 Å². The third-order valence-corrected chi connectivity index (χ3v) is 3.65. The number of carboxylic acids is 1. The van der Waals surface area contributed by atoms with Gasteiger partial charge in [-0.05, 0) is 12.1 Å². The Balaban J connectivity index is 1.93. The zero-order valence-electron chi connectivity index (χ0n) is 12.6. The number of hydrogen-bond donors (Lipinski definition) is 2. The number of benzene rings is 1. The van der Waals surface area contributed by atoms with Gasteiger partial charge in [-0.2, -0.15) is 0 Å². The molecule has 1 unspecified atom stereocenters. The minimum absolute atomic E-state index is 0.0118. The number of nitrogens with zero attached hydrogens (tertiary/aromatic N) is 1. The van der Waals surface area contributed by atoms with E-state index >= 15 is 0 Å². The number of para-hydroxylation sites is 1. The van der Waals surface area contributed by atoms with Crippen LogP contribution in [0.5, 0.6) is 5.75 Å². The van der Waals surface area contributed by atoms with Crippen molar-refractivity contribution < 1.29 is 24.0 Å². The zero-order valence-corrected chi connectivity index (χ0v) is 14.1. The fourth-order valence-electron chi connectivity index (χ4n) is 1.68. The van der Waals surface area contributed by atoms with E-state index in [-0.39, 0.29) is 18.8 Å². The number of carbonyl (C=O) groups is 2. The van der Waals surface area contributed by atoms with Crippen LogP contribution in [-0.4, -0.2) is 28.7 Å². The Bertz CT molecular complexity index is 727. The summed E-state index contributed by atoms with van der Waals surface area (Å²) in [6, 6.07) is 6.34. The second kappa shape index (κ2) is 8.03. The lowest BCUT2D eigenvalue weighted by atomic mass is 10.2. The van der Waals surface area contributed by atoms with Crippen molar-refractivity contribution in [2.75, 3.05) is 6.54 Å². The number of amides is 1. The molecule has 0 bridgehead atoms. The molecule has 9 heteroatoms. The van der Waals surface area contributed by atoms with Crippen molar-refractivity contribution in [3.8, 4) is 5.75 Å². The van der Waals surface area contributed by atoms with E-state index in [2.05, 4.69) is 10.5 Å². The first-order chi connectivity index (χ1) is 11.4. The van der Waals surface area contributed by atoms with Crippen molar-refractivity contribution in [2.45, 2.75) is 13.5 Å². The molecule has 1 atom stereocenters. The van der Waals surface area contributed by atoms with Crippen molar-refractivity contribution in [3.05, 3.63) is 45.8 Å². The molecule has 0 fully saturated rings. The summed E-state index contributed by atoms with van der Waals surface area (Å²) < 4.78 is 10.5. The van der Waals surface area contributed by atoms with Crippen LogP contribution in [0.15, 0.2) is 28.8 Å². The van der Waals surface area contributed by atoms with Gasteiger partial charge in [0, 0.05) is 12.6 Å². The first-order valence-electron chi connectivity index (χ1n) is 6.92. The van der Waals surface area contributed by atoms with Crippen LogP contribution >= 0.6 is 23.2 Å². The molecule has 24 heavy (non-hydrogen) atoms. The standard InChI is InChI=1S/C15H14Cl2N2O5/c1-8(15(21)22)6-18-14(20)12-5-9(24-19-12)7-23-13-10(16)3-2-4-11(13)17/h2-5,8H,6-7H2,1H3,(H,18,20)(H,21,22). The van der Waals surface area contributed by atoms with Gasteiger partial charge in [0.15, 0.2) is 17.2 Å². The van der Waals surface area contributed by atoms with E-state index < -0.39 is 17.8 Å². The Kier molecular flexibility index (Phi) is 6.05. The Labute approximate surface area is 147 Å². The van der Waals surface area contributed by atoms with Gasteiger partial charge in [-0.1, -0.05) is 41.3 Å². The predicted molar refractivity (Wildman–Crippen MR) is 86.4 cm³/mol. The average Bonchev–Trinajstić information content (AvgIpc) is 3.00. The number of ether oxygens (including phenoxy) is 1. The maximum Gasteiger partial charge on any atom is 0.308 e. The number of nitrogens with one attached hydrogen (secondary N) is 1. The van der Waals surface area contributed by atoms with Crippen molar-refractivity contribution in [1.82, 2.24) is 10.5 Å². The van der Waals surface area contributed by atoms with Gasteiger partial charge >= 0.3 is 5.97 Å². The Morgan fingerprint density at radius 1 is 1.38 bits per heavy atom. The number of carboxylic acid groups (broad SMARTS) is 1. The molecule has 128 valence electrons. The molecule has 1 heterocycles. The highest BCUT2D eigenvalue weighted by molar-refractivity contribution is 6.37. The lowest BCUT2D eigenvalue weighted by molar-refractivity contribution is -0.140. The minimum atomic E-state index is -0.999. The molecule has 0 aliphatic carbocycles. The van der Waals surface area contributed by atoms with Gasteiger partial charge < -0.3 is 19.7 Å². The van der Waals surface area contributed by atoms with E-state index in [1.807, 2.05) is 0 Å². The number of aromatic nitrogens is 1. The fraction of sp³-hybridized carbons (Fsp3) is 0.267. The number of halogens is 2. The number of carbonyl (C=O) groups excluding carboxylic acids is 1. The van der Waals surface area contributed by atoms with Gasteiger partial charge in [-0.15, -0.1) is 0 Å². The van der Waals surface area contributed by atoms with Crippen LogP contribution < -0.4 is 10.1 Å². The third-order valence-electron chi connectivity index (χ3n) is 3.06. The summed E-state index contributed by atoms with van der Waals surface area (Å²) in [6.07, 6.45) is 0. The molecule has 0 saturated heterocycles. The first-order valence-corrected chi connectivity index (χ1v) is 7.67. The Hall–Kier alpha value is -2.25. The monoisotopic (exact) mass is 372 g/mol. The summed E-state index contributed by atoms with van der Waals surface area (Å²) in [5.74, 6) is -1.64. The molecule has 2 rings (SSSR count). The average molecular weight is 373 g/mol. The molecule has 1 aromatic heterocycles. The Morgan fingerprint density at radius 2 is 2.04 bits per heavy atom. The maximum absolute atomic E-state index is 11.9. The summed E-state index contributed by atoms with van der Waals surface area (Å²) in [4.78, 5) is 22.6. The molecule has 7 nitrogen and oxygen atoms in total. The highest BCUT2D eigenvalue weighted by Gasteiger charge is 2.17. The van der Waals surface area contributed by atoms with Gasteiger partial charge in [-0.25, -0.2) is 0 Å². The zero-order chi connectivity index (χ0) is 17.7. The summed E-state index contributed by atoms with van der Waals surface area (Å²) in [7, 11) is 0. The summed E-state index contributed by atoms with van der Waals surface area (Å²) in [5, 5.41) is 15.5. The SMILES string of the molecule is CC(CNC(=O)c1cc(COc2c(Cl)cccc2Cl)on1)C(=O)O. The van der Waals surface area contributed by atoms with Crippen molar-refractivity contribution in [2.24, 2.45) is 5.92 Å². The minimum Gasteiger partial charge on any atom is -0.482 e. The molecular formula is C15H14Cl2N2O5. The number of aliphatic carboxylic acids is 1. The van der Waals surface area contributed by atoms with E-state index in [4.69, 9.17) is 37.6 Å². The second-order valence-electron chi connectivity index (χ2n) is 4.97. The fourth-order valence-corrected chi connectivity index (χ4v) is 2.18. The number of rotatable bonds is 7. The van der Waals surface area contributed by atoms with E-state index in [9.17, 15) is 9.59 Å². The summed E-state index contributed by atoms with van der Waals surface area (Å²) >= 11 is 12.0.